The standard InChI is InChI=1S/C24H23F2N5O4/c1-2-27-24(35)31-21-12-20(30-19-9-6-15(25)11-18(19)26)17(13-28-21)23(34)29-16-7-3-14(4-8-16)5-10-22(32)33/h3-4,6-9,11-13H,2,5,10H2,1H3,(H,29,34)(H,32,33)(H3,27,28,30,31,35). The van der Waals surface area contributed by atoms with Crippen molar-refractivity contribution in [2.75, 3.05) is 22.5 Å². The summed E-state index contributed by atoms with van der Waals surface area (Å²) in [7, 11) is 0. The molecule has 0 bridgehead atoms. The lowest BCUT2D eigenvalue weighted by Crippen LogP contribution is -2.28. The summed E-state index contributed by atoms with van der Waals surface area (Å²) in [6.45, 7) is 2.12. The van der Waals surface area contributed by atoms with Gasteiger partial charge in [0.05, 0.1) is 16.9 Å². The van der Waals surface area contributed by atoms with E-state index in [1.165, 1.54) is 18.3 Å². The third-order valence-corrected chi connectivity index (χ3v) is 4.77. The third-order valence-electron chi connectivity index (χ3n) is 4.77. The molecule has 0 aliphatic carbocycles. The van der Waals surface area contributed by atoms with E-state index in [0.717, 1.165) is 11.6 Å². The number of carboxylic acids is 1. The van der Waals surface area contributed by atoms with E-state index in [9.17, 15) is 23.2 Å². The summed E-state index contributed by atoms with van der Waals surface area (Å²) >= 11 is 0. The Balaban J connectivity index is 1.85. The average molecular weight is 483 g/mol. The predicted molar refractivity (Wildman–Crippen MR) is 127 cm³/mol. The lowest BCUT2D eigenvalue weighted by molar-refractivity contribution is -0.136. The number of hydrogen-bond acceptors (Lipinski definition) is 5. The molecule has 0 saturated carbocycles. The molecule has 35 heavy (non-hydrogen) atoms. The molecule has 0 spiro atoms. The van der Waals surface area contributed by atoms with E-state index in [2.05, 4.69) is 26.3 Å². The van der Waals surface area contributed by atoms with Gasteiger partial charge in [-0.1, -0.05) is 12.1 Å². The molecule has 1 aromatic heterocycles. The number of benzene rings is 2. The zero-order valence-corrected chi connectivity index (χ0v) is 18.7. The molecule has 3 rings (SSSR count). The summed E-state index contributed by atoms with van der Waals surface area (Å²) in [5.41, 5.74) is 1.30. The van der Waals surface area contributed by atoms with Crippen LogP contribution in [-0.2, 0) is 11.2 Å². The molecule has 0 radical (unpaired) electrons. The molecule has 0 aliphatic heterocycles. The molecule has 3 amide bonds. The van der Waals surface area contributed by atoms with Crippen LogP contribution >= 0.6 is 0 Å². The molecule has 0 fully saturated rings. The number of aliphatic carboxylic acids is 1. The molecule has 0 aliphatic rings. The second-order valence-corrected chi connectivity index (χ2v) is 7.39. The number of nitrogens with zero attached hydrogens (tertiary/aromatic N) is 1. The first-order valence-electron chi connectivity index (χ1n) is 10.6. The number of carbonyl (C=O) groups is 3. The van der Waals surface area contributed by atoms with Gasteiger partial charge in [-0.05, 0) is 43.2 Å². The van der Waals surface area contributed by atoms with E-state index in [1.807, 2.05) is 0 Å². The van der Waals surface area contributed by atoms with Crippen molar-refractivity contribution >= 4 is 40.8 Å². The molecule has 11 heteroatoms. The number of nitrogens with one attached hydrogen (secondary N) is 4. The molecule has 2 aromatic carbocycles. The van der Waals surface area contributed by atoms with Crippen molar-refractivity contribution in [3.8, 4) is 0 Å². The zero-order chi connectivity index (χ0) is 25.4. The van der Waals surface area contributed by atoms with E-state index in [1.54, 1.807) is 31.2 Å². The van der Waals surface area contributed by atoms with Gasteiger partial charge >= 0.3 is 12.0 Å². The first-order chi connectivity index (χ1) is 16.7. The highest BCUT2D eigenvalue weighted by molar-refractivity contribution is 6.08. The fraction of sp³-hybridized carbons (Fsp3) is 0.167. The van der Waals surface area contributed by atoms with Gasteiger partial charge < -0.3 is 21.1 Å². The maximum absolute atomic E-state index is 14.2. The van der Waals surface area contributed by atoms with Crippen LogP contribution in [0.15, 0.2) is 54.7 Å². The minimum atomic E-state index is -0.905. The molecule has 9 nitrogen and oxygen atoms in total. The number of anilines is 4. The molecule has 3 aromatic rings. The minimum Gasteiger partial charge on any atom is -0.481 e. The van der Waals surface area contributed by atoms with E-state index in [-0.39, 0.29) is 29.2 Å². The van der Waals surface area contributed by atoms with Crippen LogP contribution in [0.5, 0.6) is 0 Å². The number of pyridine rings is 1. The van der Waals surface area contributed by atoms with Crippen molar-refractivity contribution < 1.29 is 28.3 Å². The highest BCUT2D eigenvalue weighted by Crippen LogP contribution is 2.26. The van der Waals surface area contributed by atoms with E-state index >= 15 is 0 Å². The number of hydrogen-bond donors (Lipinski definition) is 5. The van der Waals surface area contributed by atoms with Crippen molar-refractivity contribution in [1.29, 1.82) is 0 Å². The number of halogens is 2. The molecule has 1 heterocycles. The Hall–Kier alpha value is -4.54. The zero-order valence-electron chi connectivity index (χ0n) is 18.7. The maximum atomic E-state index is 14.2. The number of carbonyl (C=O) groups excluding carboxylic acids is 2. The van der Waals surface area contributed by atoms with Gasteiger partial charge in [-0.25, -0.2) is 18.6 Å². The predicted octanol–water partition coefficient (Wildman–Crippen LogP) is 4.51. The molecule has 0 unspecified atom stereocenters. The Labute approximate surface area is 199 Å². The second-order valence-electron chi connectivity index (χ2n) is 7.39. The van der Waals surface area contributed by atoms with Crippen LogP contribution in [0.25, 0.3) is 0 Å². The van der Waals surface area contributed by atoms with Gasteiger partial charge in [0.25, 0.3) is 5.91 Å². The third kappa shape index (κ3) is 7.22. The van der Waals surface area contributed by atoms with Crippen molar-refractivity contribution in [3.63, 3.8) is 0 Å². The first-order valence-corrected chi connectivity index (χ1v) is 10.6. The van der Waals surface area contributed by atoms with Gasteiger partial charge in [-0.3, -0.25) is 14.9 Å². The number of aryl methyl sites for hydroxylation is 1. The highest BCUT2D eigenvalue weighted by atomic mass is 19.1. The van der Waals surface area contributed by atoms with Crippen molar-refractivity contribution in [2.24, 2.45) is 0 Å². The Kier molecular flexibility index (Phi) is 8.28. The van der Waals surface area contributed by atoms with Gasteiger partial charge in [0.15, 0.2) is 0 Å². The SMILES string of the molecule is CCNC(=O)Nc1cc(Nc2ccc(F)cc2F)c(C(=O)Nc2ccc(CCC(=O)O)cc2)cn1. The molecule has 0 atom stereocenters. The number of carboxylic acid groups (broad SMARTS) is 1. The first kappa shape index (κ1) is 25.1. The average Bonchev–Trinajstić information content (AvgIpc) is 2.80. The van der Waals surface area contributed by atoms with Gasteiger partial charge in [0, 0.05) is 37.0 Å². The lowest BCUT2D eigenvalue weighted by atomic mass is 10.1. The minimum absolute atomic E-state index is 0.0109. The van der Waals surface area contributed by atoms with Crippen molar-refractivity contribution in [2.45, 2.75) is 19.8 Å². The fourth-order valence-electron chi connectivity index (χ4n) is 3.07. The number of rotatable bonds is 9. The quantitative estimate of drug-likeness (QED) is 0.304. The largest absolute Gasteiger partial charge is 0.481 e. The molecular formula is C24H23F2N5O4. The fourth-order valence-corrected chi connectivity index (χ4v) is 3.07. The molecule has 5 N–H and O–H groups in total. The van der Waals surface area contributed by atoms with E-state index in [0.29, 0.717) is 24.7 Å². The van der Waals surface area contributed by atoms with Gasteiger partial charge in [0.1, 0.15) is 17.5 Å². The Bertz CT molecular complexity index is 1240. The van der Waals surface area contributed by atoms with E-state index in [4.69, 9.17) is 5.11 Å². The maximum Gasteiger partial charge on any atom is 0.320 e. The molecular weight excluding hydrogens is 460 g/mol. The highest BCUT2D eigenvalue weighted by Gasteiger charge is 2.16. The van der Waals surface area contributed by atoms with Crippen LogP contribution in [0.3, 0.4) is 0 Å². The van der Waals surface area contributed by atoms with Crippen LogP contribution in [0.4, 0.5) is 36.5 Å². The normalized spacial score (nSPS) is 10.4. The number of amides is 3. The van der Waals surface area contributed by atoms with Crippen molar-refractivity contribution in [1.82, 2.24) is 10.3 Å². The summed E-state index contributed by atoms with van der Waals surface area (Å²) in [5.74, 6) is -3.02. The smallest absolute Gasteiger partial charge is 0.320 e. The Morgan fingerprint density at radius 3 is 2.37 bits per heavy atom. The summed E-state index contributed by atoms with van der Waals surface area (Å²) in [6.07, 6.45) is 1.55. The van der Waals surface area contributed by atoms with Crippen LogP contribution in [0.1, 0.15) is 29.3 Å². The van der Waals surface area contributed by atoms with Crippen LogP contribution in [0, 0.1) is 11.6 Å². The van der Waals surface area contributed by atoms with E-state index < -0.39 is 29.5 Å². The van der Waals surface area contributed by atoms with Crippen LogP contribution in [0.2, 0.25) is 0 Å². The summed E-state index contributed by atoms with van der Waals surface area (Å²) in [4.78, 5) is 39.6. The van der Waals surface area contributed by atoms with Gasteiger partial charge in [-0.15, -0.1) is 0 Å². The van der Waals surface area contributed by atoms with Crippen LogP contribution in [-0.4, -0.2) is 34.5 Å². The number of aromatic nitrogens is 1. The van der Waals surface area contributed by atoms with Gasteiger partial charge in [-0.2, -0.15) is 0 Å². The summed E-state index contributed by atoms with van der Waals surface area (Å²) in [5, 5.41) is 19.3. The topological polar surface area (TPSA) is 132 Å². The van der Waals surface area contributed by atoms with Crippen molar-refractivity contribution in [3.05, 3.63) is 77.5 Å². The Morgan fingerprint density at radius 2 is 1.71 bits per heavy atom. The summed E-state index contributed by atoms with van der Waals surface area (Å²) in [6, 6.07) is 10.4. The lowest BCUT2D eigenvalue weighted by Gasteiger charge is -2.15. The number of urea groups is 1. The van der Waals surface area contributed by atoms with Gasteiger partial charge in [0.2, 0.25) is 0 Å². The Morgan fingerprint density at radius 1 is 0.971 bits per heavy atom. The molecule has 182 valence electrons. The summed E-state index contributed by atoms with van der Waals surface area (Å²) < 4.78 is 27.5. The van der Waals surface area contributed by atoms with Crippen LogP contribution < -0.4 is 21.3 Å². The molecule has 0 saturated heterocycles. The monoisotopic (exact) mass is 483 g/mol. The second kappa shape index (κ2) is 11.5.